The summed E-state index contributed by atoms with van der Waals surface area (Å²) < 4.78 is 5.12. The van der Waals surface area contributed by atoms with Gasteiger partial charge in [0.25, 0.3) is 0 Å². The van der Waals surface area contributed by atoms with Gasteiger partial charge in [-0.25, -0.2) is 0 Å². The van der Waals surface area contributed by atoms with Crippen molar-refractivity contribution in [3.63, 3.8) is 0 Å². The van der Waals surface area contributed by atoms with Crippen molar-refractivity contribution >= 4 is 5.97 Å². The lowest BCUT2D eigenvalue weighted by Crippen LogP contribution is -2.38. The summed E-state index contributed by atoms with van der Waals surface area (Å²) in [5.41, 5.74) is -0.0174. The molecule has 2 aliphatic rings. The molecular formula is C9H14O2. The highest BCUT2D eigenvalue weighted by Crippen LogP contribution is 2.47. The van der Waals surface area contributed by atoms with Gasteiger partial charge in [0.1, 0.15) is 0 Å². The SMILES string of the molecule is O=C1OCCCCC12CCC2. The first kappa shape index (κ1) is 7.14. The first-order valence-electron chi connectivity index (χ1n) is 4.51. The van der Waals surface area contributed by atoms with Crippen LogP contribution in [0.2, 0.25) is 0 Å². The number of esters is 1. The minimum absolute atomic E-state index is 0.0174. The first-order chi connectivity index (χ1) is 5.33. The van der Waals surface area contributed by atoms with Crippen LogP contribution in [0.4, 0.5) is 0 Å². The van der Waals surface area contributed by atoms with E-state index in [9.17, 15) is 4.79 Å². The van der Waals surface area contributed by atoms with Crippen molar-refractivity contribution in [1.29, 1.82) is 0 Å². The molecule has 1 heterocycles. The standard InChI is InChI=1S/C9H14O2/c10-8-9(5-3-6-9)4-1-2-7-11-8/h1-7H2. The van der Waals surface area contributed by atoms with E-state index in [0.29, 0.717) is 6.61 Å². The first-order valence-corrected chi connectivity index (χ1v) is 4.51. The van der Waals surface area contributed by atoms with Gasteiger partial charge in [0.2, 0.25) is 0 Å². The maximum absolute atomic E-state index is 11.4. The summed E-state index contributed by atoms with van der Waals surface area (Å²) in [6.45, 7) is 0.653. The lowest BCUT2D eigenvalue weighted by molar-refractivity contribution is -0.159. The highest BCUT2D eigenvalue weighted by molar-refractivity contribution is 5.78. The molecule has 0 aromatic carbocycles. The molecule has 2 nitrogen and oxygen atoms in total. The molecule has 0 atom stereocenters. The van der Waals surface area contributed by atoms with E-state index < -0.39 is 0 Å². The molecule has 2 rings (SSSR count). The highest BCUT2D eigenvalue weighted by atomic mass is 16.5. The summed E-state index contributed by atoms with van der Waals surface area (Å²) in [6, 6.07) is 0. The molecule has 0 radical (unpaired) electrons. The van der Waals surface area contributed by atoms with Gasteiger partial charge in [-0.1, -0.05) is 6.42 Å². The Labute approximate surface area is 66.9 Å². The summed E-state index contributed by atoms with van der Waals surface area (Å²) in [4.78, 5) is 11.4. The van der Waals surface area contributed by atoms with E-state index in [1.165, 1.54) is 12.8 Å². The molecular weight excluding hydrogens is 140 g/mol. The Morgan fingerprint density at radius 2 is 1.82 bits per heavy atom. The molecule has 0 unspecified atom stereocenters. The number of ether oxygens (including phenoxy) is 1. The van der Waals surface area contributed by atoms with E-state index in [-0.39, 0.29) is 11.4 Å². The molecule has 1 aliphatic carbocycles. The van der Waals surface area contributed by atoms with Crippen LogP contribution in [0.15, 0.2) is 0 Å². The number of carbonyl (C=O) groups excluding carboxylic acids is 1. The molecule has 0 aromatic rings. The van der Waals surface area contributed by atoms with E-state index in [2.05, 4.69) is 0 Å². The second-order valence-corrected chi connectivity index (χ2v) is 3.73. The molecule has 0 bridgehead atoms. The predicted molar refractivity (Wildman–Crippen MR) is 41.1 cm³/mol. The topological polar surface area (TPSA) is 26.3 Å². The van der Waals surface area contributed by atoms with Gasteiger partial charge in [0.05, 0.1) is 12.0 Å². The van der Waals surface area contributed by atoms with Gasteiger partial charge in [0.15, 0.2) is 0 Å². The van der Waals surface area contributed by atoms with Crippen molar-refractivity contribution in [2.75, 3.05) is 6.61 Å². The Balaban J connectivity index is 2.09. The number of hydrogen-bond donors (Lipinski definition) is 0. The quantitative estimate of drug-likeness (QED) is 0.498. The van der Waals surface area contributed by atoms with Gasteiger partial charge in [-0.15, -0.1) is 0 Å². The molecule has 2 fully saturated rings. The second kappa shape index (κ2) is 2.50. The van der Waals surface area contributed by atoms with E-state index in [1.807, 2.05) is 0 Å². The lowest BCUT2D eigenvalue weighted by atomic mass is 9.66. The van der Waals surface area contributed by atoms with E-state index in [0.717, 1.165) is 25.7 Å². The molecule has 1 saturated heterocycles. The highest BCUT2D eigenvalue weighted by Gasteiger charge is 2.45. The van der Waals surface area contributed by atoms with Gasteiger partial charge >= 0.3 is 5.97 Å². The van der Waals surface area contributed by atoms with Crippen LogP contribution in [0.5, 0.6) is 0 Å². The largest absolute Gasteiger partial charge is 0.465 e. The molecule has 2 heteroatoms. The Morgan fingerprint density at radius 3 is 2.45 bits per heavy atom. The molecule has 1 spiro atoms. The van der Waals surface area contributed by atoms with Crippen molar-refractivity contribution < 1.29 is 9.53 Å². The third kappa shape index (κ3) is 1.05. The second-order valence-electron chi connectivity index (χ2n) is 3.73. The third-order valence-corrected chi connectivity index (χ3v) is 3.03. The van der Waals surface area contributed by atoms with Crippen LogP contribution < -0.4 is 0 Å². The van der Waals surface area contributed by atoms with Crippen molar-refractivity contribution in [1.82, 2.24) is 0 Å². The minimum Gasteiger partial charge on any atom is -0.465 e. The smallest absolute Gasteiger partial charge is 0.312 e. The fourth-order valence-corrected chi connectivity index (χ4v) is 2.04. The maximum Gasteiger partial charge on any atom is 0.312 e. The van der Waals surface area contributed by atoms with Gasteiger partial charge in [0, 0.05) is 0 Å². The fourth-order valence-electron chi connectivity index (χ4n) is 2.04. The van der Waals surface area contributed by atoms with Crippen molar-refractivity contribution in [2.45, 2.75) is 38.5 Å². The molecule has 62 valence electrons. The zero-order valence-corrected chi connectivity index (χ0v) is 6.77. The fraction of sp³-hybridized carbons (Fsp3) is 0.889. The average molecular weight is 154 g/mol. The molecule has 1 saturated carbocycles. The summed E-state index contributed by atoms with van der Waals surface area (Å²) >= 11 is 0. The third-order valence-electron chi connectivity index (χ3n) is 3.03. The Morgan fingerprint density at radius 1 is 1.09 bits per heavy atom. The predicted octanol–water partition coefficient (Wildman–Crippen LogP) is 1.88. The minimum atomic E-state index is -0.0174. The van der Waals surface area contributed by atoms with Crippen LogP contribution in [-0.2, 0) is 9.53 Å². The molecule has 0 amide bonds. The van der Waals surface area contributed by atoms with Gasteiger partial charge in [-0.2, -0.15) is 0 Å². The maximum atomic E-state index is 11.4. The Hall–Kier alpha value is -0.530. The molecule has 0 aromatic heterocycles. The van der Waals surface area contributed by atoms with Crippen molar-refractivity contribution in [3.8, 4) is 0 Å². The van der Waals surface area contributed by atoms with Crippen LogP contribution in [0.1, 0.15) is 38.5 Å². The number of carbonyl (C=O) groups is 1. The average Bonchev–Trinajstić information content (AvgIpc) is 2.09. The van der Waals surface area contributed by atoms with Crippen LogP contribution in [-0.4, -0.2) is 12.6 Å². The van der Waals surface area contributed by atoms with Crippen LogP contribution in [0.25, 0.3) is 0 Å². The van der Waals surface area contributed by atoms with E-state index in [4.69, 9.17) is 4.74 Å². The summed E-state index contributed by atoms with van der Waals surface area (Å²) in [7, 11) is 0. The number of cyclic esters (lactones) is 1. The summed E-state index contributed by atoms with van der Waals surface area (Å²) in [5.74, 6) is 0.0845. The zero-order chi connectivity index (χ0) is 7.73. The van der Waals surface area contributed by atoms with Crippen LogP contribution >= 0.6 is 0 Å². The zero-order valence-electron chi connectivity index (χ0n) is 6.77. The van der Waals surface area contributed by atoms with Gasteiger partial charge in [-0.3, -0.25) is 4.79 Å². The molecule has 0 N–H and O–H groups in total. The monoisotopic (exact) mass is 154 g/mol. The molecule has 11 heavy (non-hydrogen) atoms. The van der Waals surface area contributed by atoms with Crippen LogP contribution in [0.3, 0.4) is 0 Å². The lowest BCUT2D eigenvalue weighted by Gasteiger charge is -2.37. The van der Waals surface area contributed by atoms with Crippen LogP contribution in [0, 0.1) is 5.41 Å². The van der Waals surface area contributed by atoms with Gasteiger partial charge < -0.3 is 4.74 Å². The van der Waals surface area contributed by atoms with Gasteiger partial charge in [-0.05, 0) is 32.1 Å². The normalized spacial score (nSPS) is 28.9. The Bertz CT molecular complexity index is 170. The van der Waals surface area contributed by atoms with E-state index >= 15 is 0 Å². The number of hydrogen-bond acceptors (Lipinski definition) is 2. The van der Waals surface area contributed by atoms with E-state index in [1.54, 1.807) is 0 Å². The molecule has 1 aliphatic heterocycles. The summed E-state index contributed by atoms with van der Waals surface area (Å²) in [6.07, 6.45) is 6.68. The summed E-state index contributed by atoms with van der Waals surface area (Å²) in [5, 5.41) is 0. The Kier molecular flexibility index (Phi) is 1.63. The van der Waals surface area contributed by atoms with Crippen molar-refractivity contribution in [2.24, 2.45) is 5.41 Å². The number of rotatable bonds is 0. The van der Waals surface area contributed by atoms with Crippen molar-refractivity contribution in [3.05, 3.63) is 0 Å².